The Kier molecular flexibility index (Phi) is 15.6. The van der Waals surface area contributed by atoms with Crippen molar-refractivity contribution in [1.29, 1.82) is 0 Å². The molecule has 0 N–H and O–H groups in total. The van der Waals surface area contributed by atoms with Gasteiger partial charge in [0.15, 0.2) is 11.6 Å². The van der Waals surface area contributed by atoms with Crippen LogP contribution in [0.4, 0.5) is 0 Å². The molecule has 19 aromatic carbocycles. The summed E-state index contributed by atoms with van der Waals surface area (Å²) in [6, 6.07) is 147. The SMILES string of the molecule is c1ccc(-n2c3ccccc3c3cc(-c4cc(-c5ccc6ccccc6c5)nc(-c5ccc(-n6c7ccc8ccccc8c7c7c8ccccc8ccc76)cc5)n4)ccc32)cc1.c1ccc2c(c1)ccc1c2c2c3ccccc3ccc2n1-c1ccc(-c2nc(-c3ccc4sc5ccccc5c4c3)cc(-c3cccc4c3sc3ccccc34)n2)cc1. The number of aromatic nitrogens is 7. The minimum Gasteiger partial charge on any atom is -0.309 e. The van der Waals surface area contributed by atoms with Gasteiger partial charge in [-0.25, -0.2) is 19.9 Å². The van der Waals surface area contributed by atoms with Crippen molar-refractivity contribution in [3.8, 4) is 84.9 Å². The molecular formula is C112H67N7S2. The van der Waals surface area contributed by atoms with Gasteiger partial charge in [-0.1, -0.05) is 261 Å². The van der Waals surface area contributed by atoms with Crippen molar-refractivity contribution in [2.45, 2.75) is 0 Å². The van der Waals surface area contributed by atoms with Crippen molar-refractivity contribution in [1.82, 2.24) is 33.6 Å². The van der Waals surface area contributed by atoms with Gasteiger partial charge in [0.1, 0.15) is 0 Å². The summed E-state index contributed by atoms with van der Waals surface area (Å²) >= 11 is 3.67. The third kappa shape index (κ3) is 11.2. The van der Waals surface area contributed by atoms with Crippen LogP contribution in [-0.2, 0) is 0 Å². The Morgan fingerprint density at radius 3 is 1.07 bits per heavy atom. The standard InChI is InChI=1S/C58H36N4.C54H31N3S2/c1-2-16-44(17-3-1)61-52-21-11-10-20-48(52)49-35-43(28-31-53(49)61)51-36-50(42-23-22-37-12-4-5-15-41(37)34-42)59-58(60-51)40-24-29-45(30-25-40)62-54-32-26-38-13-6-8-18-46(38)56(54)57-47-19-9-7-14-39(47)27-33-55(57)62;1-3-12-37-32(10-1)22-27-46-51(37)52-38-13-4-2-11-33(38)23-28-47(52)57(46)36-25-20-34(21-26-36)54-55-44(35-24-29-50-43(30-35)40-15-6-7-18-48(40)58-50)31-45(56-54)42-17-9-16-41-39-14-5-8-19-49(39)59-53(41)42/h1-36H;1-31H. The molecule has 562 valence electrons. The van der Waals surface area contributed by atoms with Crippen LogP contribution in [0.1, 0.15) is 0 Å². The highest BCUT2D eigenvalue weighted by Crippen LogP contribution is 2.47. The van der Waals surface area contributed by atoms with Gasteiger partial charge in [-0.3, -0.25) is 0 Å². The van der Waals surface area contributed by atoms with Crippen molar-refractivity contribution < 1.29 is 0 Å². The van der Waals surface area contributed by atoms with Crippen LogP contribution in [0.5, 0.6) is 0 Å². The van der Waals surface area contributed by atoms with Gasteiger partial charge in [0.05, 0.1) is 55.9 Å². The van der Waals surface area contributed by atoms with E-state index in [0.29, 0.717) is 11.6 Å². The molecule has 0 aliphatic heterocycles. The number of rotatable bonds is 9. The molecule has 0 saturated heterocycles. The first kappa shape index (κ1) is 68.7. The second kappa shape index (κ2) is 27.6. The van der Waals surface area contributed by atoms with E-state index in [1.54, 1.807) is 0 Å². The zero-order valence-corrected chi connectivity index (χ0v) is 66.8. The summed E-state index contributed by atoms with van der Waals surface area (Å²) in [6.45, 7) is 0. The Bertz CT molecular complexity index is 8600. The van der Waals surface area contributed by atoms with Crippen LogP contribution in [0, 0.1) is 0 Å². The van der Waals surface area contributed by atoms with Crippen LogP contribution in [0.3, 0.4) is 0 Å². The summed E-state index contributed by atoms with van der Waals surface area (Å²) in [5, 5.41) is 25.0. The molecule has 0 unspecified atom stereocenters. The van der Waals surface area contributed by atoms with E-state index in [9.17, 15) is 0 Å². The van der Waals surface area contributed by atoms with Crippen LogP contribution < -0.4 is 0 Å². The van der Waals surface area contributed by atoms with Gasteiger partial charge in [0.25, 0.3) is 0 Å². The molecule has 0 aliphatic carbocycles. The molecule has 26 rings (SSSR count). The van der Waals surface area contributed by atoms with Gasteiger partial charge < -0.3 is 13.7 Å². The van der Waals surface area contributed by atoms with Crippen molar-refractivity contribution in [3.05, 3.63) is 406 Å². The van der Waals surface area contributed by atoms with E-state index in [1.807, 2.05) is 22.7 Å². The number of benzene rings is 19. The van der Waals surface area contributed by atoms with Gasteiger partial charge >= 0.3 is 0 Å². The van der Waals surface area contributed by atoms with E-state index >= 15 is 0 Å². The lowest BCUT2D eigenvalue weighted by Gasteiger charge is -2.12. The maximum Gasteiger partial charge on any atom is 0.160 e. The molecule has 0 spiro atoms. The quantitative estimate of drug-likeness (QED) is 0.144. The van der Waals surface area contributed by atoms with Gasteiger partial charge in [-0.2, -0.15) is 0 Å². The molecule has 0 fully saturated rings. The zero-order chi connectivity index (χ0) is 79.3. The molecular weight excluding hydrogens is 1510 g/mol. The highest BCUT2D eigenvalue weighted by molar-refractivity contribution is 7.26. The first-order valence-electron chi connectivity index (χ1n) is 41.0. The minimum atomic E-state index is 0.684. The van der Waals surface area contributed by atoms with E-state index in [2.05, 4.69) is 420 Å². The third-order valence-electron chi connectivity index (χ3n) is 24.7. The normalized spacial score (nSPS) is 12.0. The Labute approximate surface area is 702 Å². The number of nitrogens with zero attached hydrogens (tertiary/aromatic N) is 7. The maximum absolute atomic E-state index is 5.37. The van der Waals surface area contributed by atoms with E-state index in [1.165, 1.54) is 154 Å². The van der Waals surface area contributed by atoms with Gasteiger partial charge in [0.2, 0.25) is 0 Å². The summed E-state index contributed by atoms with van der Waals surface area (Å²) in [7, 11) is 0. The fourth-order valence-electron chi connectivity index (χ4n) is 19.1. The predicted octanol–water partition coefficient (Wildman–Crippen LogP) is 30.7. The van der Waals surface area contributed by atoms with Crippen LogP contribution in [0.25, 0.3) is 244 Å². The monoisotopic (exact) mass is 1570 g/mol. The fraction of sp³-hybridized carbons (Fsp3) is 0. The van der Waals surface area contributed by atoms with Crippen molar-refractivity contribution in [2.24, 2.45) is 0 Å². The summed E-state index contributed by atoms with van der Waals surface area (Å²) in [6.07, 6.45) is 0. The smallest absolute Gasteiger partial charge is 0.160 e. The number of hydrogen-bond acceptors (Lipinski definition) is 6. The number of thiophene rings is 2. The van der Waals surface area contributed by atoms with Crippen LogP contribution >= 0.6 is 22.7 Å². The molecule has 0 aliphatic rings. The molecule has 0 amide bonds. The summed E-state index contributed by atoms with van der Waals surface area (Å²) in [5.41, 5.74) is 20.2. The summed E-state index contributed by atoms with van der Waals surface area (Å²) in [5.74, 6) is 1.39. The predicted molar refractivity (Wildman–Crippen MR) is 513 cm³/mol. The Hall–Kier alpha value is -15.5. The van der Waals surface area contributed by atoms with Gasteiger partial charge in [-0.05, 0) is 199 Å². The lowest BCUT2D eigenvalue weighted by atomic mass is 10.00. The average Bonchev–Trinajstić information content (AvgIpc) is 1.56. The molecule has 9 heteroatoms. The Morgan fingerprint density at radius 2 is 0.529 bits per heavy atom. The zero-order valence-electron chi connectivity index (χ0n) is 65.1. The molecule has 0 bridgehead atoms. The van der Waals surface area contributed by atoms with Crippen LogP contribution in [-0.4, -0.2) is 33.6 Å². The Morgan fingerprint density at radius 1 is 0.182 bits per heavy atom. The first-order valence-corrected chi connectivity index (χ1v) is 42.7. The van der Waals surface area contributed by atoms with Crippen molar-refractivity contribution in [2.75, 3.05) is 0 Å². The highest BCUT2D eigenvalue weighted by Gasteiger charge is 2.24. The molecule has 7 aromatic heterocycles. The fourth-order valence-corrected chi connectivity index (χ4v) is 21.4. The van der Waals surface area contributed by atoms with Gasteiger partial charge in [-0.15, -0.1) is 22.7 Å². The maximum atomic E-state index is 5.37. The largest absolute Gasteiger partial charge is 0.309 e. The van der Waals surface area contributed by atoms with Crippen molar-refractivity contribution >= 4 is 182 Å². The van der Waals surface area contributed by atoms with Gasteiger partial charge in [0, 0.05) is 123 Å². The molecule has 0 radical (unpaired) electrons. The number of hydrogen-bond donors (Lipinski definition) is 0. The van der Waals surface area contributed by atoms with Crippen molar-refractivity contribution in [3.63, 3.8) is 0 Å². The molecule has 7 heterocycles. The van der Waals surface area contributed by atoms with Crippen LogP contribution in [0.2, 0.25) is 0 Å². The minimum absolute atomic E-state index is 0.684. The van der Waals surface area contributed by atoms with E-state index in [4.69, 9.17) is 19.9 Å². The second-order valence-electron chi connectivity index (χ2n) is 31.5. The lowest BCUT2D eigenvalue weighted by Crippen LogP contribution is -1.98. The van der Waals surface area contributed by atoms with E-state index in [-0.39, 0.29) is 0 Å². The van der Waals surface area contributed by atoms with E-state index < -0.39 is 0 Å². The highest BCUT2D eigenvalue weighted by atomic mass is 32.1. The second-order valence-corrected chi connectivity index (χ2v) is 33.6. The summed E-state index contributed by atoms with van der Waals surface area (Å²) in [4.78, 5) is 21.4. The Balaban J connectivity index is 0.000000134. The van der Waals surface area contributed by atoms with Crippen LogP contribution in [0.15, 0.2) is 406 Å². The molecule has 7 nitrogen and oxygen atoms in total. The lowest BCUT2D eigenvalue weighted by molar-refractivity contribution is 1.16. The molecule has 0 saturated carbocycles. The number of fused-ring (bicyclic) bond motifs is 24. The number of para-hydroxylation sites is 2. The molecule has 121 heavy (non-hydrogen) atoms. The molecule has 26 aromatic rings. The topological polar surface area (TPSA) is 66.3 Å². The van der Waals surface area contributed by atoms with E-state index in [0.717, 1.165) is 78.7 Å². The third-order valence-corrected chi connectivity index (χ3v) is 27.1. The summed E-state index contributed by atoms with van der Waals surface area (Å²) < 4.78 is 12.3. The molecule has 0 atom stereocenters. The first-order chi connectivity index (χ1) is 60.0. The average molecular weight is 1570 g/mol.